The normalized spacial score (nSPS) is 11.0. The number of nitrogens with one attached hydrogen (secondary N) is 1. The molecule has 2 rings (SSSR count). The van der Waals surface area contributed by atoms with E-state index in [9.17, 15) is 23.1 Å². The van der Waals surface area contributed by atoms with Gasteiger partial charge in [-0.05, 0) is 24.1 Å². The average Bonchev–Trinajstić information content (AvgIpc) is 2.72. The zero-order valence-electron chi connectivity index (χ0n) is 17.0. The van der Waals surface area contributed by atoms with Crippen LogP contribution >= 0.6 is 0 Å². The molecule has 0 amide bonds. The van der Waals surface area contributed by atoms with Gasteiger partial charge in [-0.25, -0.2) is 13.2 Å². The molecule has 0 heterocycles. The highest BCUT2D eigenvalue weighted by molar-refractivity contribution is 7.92. The minimum absolute atomic E-state index is 0.0794. The van der Waals surface area contributed by atoms with Crippen LogP contribution in [0.15, 0.2) is 41.3 Å². The predicted molar refractivity (Wildman–Crippen MR) is 111 cm³/mol. The molecule has 31 heavy (non-hydrogen) atoms. The van der Waals surface area contributed by atoms with Gasteiger partial charge in [-0.2, -0.15) is 0 Å². The summed E-state index contributed by atoms with van der Waals surface area (Å²) in [5, 5.41) is 18.2. The van der Waals surface area contributed by atoms with E-state index in [2.05, 4.69) is 4.72 Å². The lowest BCUT2D eigenvalue weighted by atomic mass is 10.1. The maximum atomic E-state index is 12.8. The van der Waals surface area contributed by atoms with Crippen LogP contribution in [0.3, 0.4) is 0 Å². The summed E-state index contributed by atoms with van der Waals surface area (Å²) in [4.78, 5) is 22.2. The zero-order valence-corrected chi connectivity index (χ0v) is 17.8. The number of carbonyl (C=O) groups is 2. The molecule has 0 bridgehead atoms. The number of methoxy groups -OCH3 is 2. The van der Waals surface area contributed by atoms with Gasteiger partial charge in [0.15, 0.2) is 11.5 Å². The SMILES string of the molecule is COCCOc1cc(NS(=O)(=O)c2ccc(CCC(=O)O)cc2)c(C(=O)O)cc1OC. The van der Waals surface area contributed by atoms with Gasteiger partial charge in [-0.3, -0.25) is 9.52 Å². The van der Waals surface area contributed by atoms with Gasteiger partial charge in [-0.15, -0.1) is 0 Å². The minimum Gasteiger partial charge on any atom is -0.493 e. The number of benzene rings is 2. The topological polar surface area (TPSA) is 148 Å². The quantitative estimate of drug-likeness (QED) is 0.411. The van der Waals surface area contributed by atoms with Crippen molar-refractivity contribution in [2.45, 2.75) is 17.7 Å². The van der Waals surface area contributed by atoms with Gasteiger partial charge >= 0.3 is 11.9 Å². The van der Waals surface area contributed by atoms with E-state index in [0.717, 1.165) is 6.07 Å². The van der Waals surface area contributed by atoms with Crippen LogP contribution in [0.25, 0.3) is 0 Å². The molecular formula is C20H23NO9S. The van der Waals surface area contributed by atoms with Crippen LogP contribution in [0.1, 0.15) is 22.3 Å². The van der Waals surface area contributed by atoms with Crippen molar-refractivity contribution in [1.29, 1.82) is 0 Å². The van der Waals surface area contributed by atoms with Gasteiger partial charge in [0.25, 0.3) is 10.0 Å². The highest BCUT2D eigenvalue weighted by Gasteiger charge is 2.22. The first-order chi connectivity index (χ1) is 14.7. The molecule has 2 aromatic carbocycles. The Hall–Kier alpha value is -3.31. The number of carboxylic acids is 2. The molecule has 0 unspecified atom stereocenters. The van der Waals surface area contributed by atoms with Crippen LogP contribution < -0.4 is 14.2 Å². The fourth-order valence-corrected chi connectivity index (χ4v) is 3.69. The summed E-state index contributed by atoms with van der Waals surface area (Å²) in [5.74, 6) is -2.04. The second-order valence-electron chi connectivity index (χ2n) is 6.34. The lowest BCUT2D eigenvalue weighted by Gasteiger charge is -2.16. The van der Waals surface area contributed by atoms with Crippen LogP contribution in [-0.2, 0) is 26.0 Å². The number of sulfonamides is 1. The van der Waals surface area contributed by atoms with Crippen molar-refractivity contribution in [3.63, 3.8) is 0 Å². The number of aryl methyl sites for hydroxylation is 1. The number of hydrogen-bond donors (Lipinski definition) is 3. The van der Waals surface area contributed by atoms with Crippen LogP contribution in [0.5, 0.6) is 11.5 Å². The van der Waals surface area contributed by atoms with E-state index in [1.165, 1.54) is 44.6 Å². The lowest BCUT2D eigenvalue weighted by molar-refractivity contribution is -0.136. The third kappa shape index (κ3) is 6.59. The summed E-state index contributed by atoms with van der Waals surface area (Å²) < 4.78 is 43.4. The Morgan fingerprint density at radius 1 is 1.00 bits per heavy atom. The first-order valence-electron chi connectivity index (χ1n) is 9.08. The highest BCUT2D eigenvalue weighted by Crippen LogP contribution is 2.34. The maximum Gasteiger partial charge on any atom is 0.337 e. The molecule has 0 spiro atoms. The van der Waals surface area contributed by atoms with Crippen LogP contribution in [-0.4, -0.2) is 58.0 Å². The van der Waals surface area contributed by atoms with Gasteiger partial charge < -0.3 is 24.4 Å². The van der Waals surface area contributed by atoms with Crippen LogP contribution in [0, 0.1) is 0 Å². The van der Waals surface area contributed by atoms with E-state index in [1.54, 1.807) is 0 Å². The standard InChI is InChI=1S/C20H23NO9S/c1-28-9-10-30-18-12-16(15(20(24)25)11-17(18)29-2)21-31(26,27)14-6-3-13(4-7-14)5-8-19(22)23/h3-4,6-7,11-12,21H,5,8-10H2,1-2H3,(H,22,23)(H,24,25). The van der Waals surface area contributed by atoms with Crippen molar-refractivity contribution in [1.82, 2.24) is 0 Å². The molecule has 168 valence electrons. The Balaban J connectivity index is 2.34. The summed E-state index contributed by atoms with van der Waals surface area (Å²) in [5.41, 5.74) is 0.138. The number of ether oxygens (including phenoxy) is 3. The summed E-state index contributed by atoms with van der Waals surface area (Å²) in [6.07, 6.45) is 0.177. The van der Waals surface area contributed by atoms with Gasteiger partial charge in [0.1, 0.15) is 6.61 Å². The third-order valence-corrected chi connectivity index (χ3v) is 5.57. The summed E-state index contributed by atoms with van der Waals surface area (Å²) in [6, 6.07) is 8.04. The maximum absolute atomic E-state index is 12.8. The Morgan fingerprint density at radius 3 is 2.23 bits per heavy atom. The second-order valence-corrected chi connectivity index (χ2v) is 8.02. The molecule has 0 radical (unpaired) electrons. The van der Waals surface area contributed by atoms with Crippen molar-refractivity contribution in [3.8, 4) is 11.5 Å². The average molecular weight is 453 g/mol. The molecular weight excluding hydrogens is 430 g/mol. The van der Waals surface area contributed by atoms with Gasteiger partial charge in [0, 0.05) is 25.7 Å². The van der Waals surface area contributed by atoms with E-state index in [0.29, 0.717) is 5.56 Å². The van der Waals surface area contributed by atoms with Crippen molar-refractivity contribution in [2.75, 3.05) is 32.2 Å². The van der Waals surface area contributed by atoms with Gasteiger partial charge in [-0.1, -0.05) is 12.1 Å². The molecule has 0 aliphatic heterocycles. The third-order valence-electron chi connectivity index (χ3n) is 4.18. The van der Waals surface area contributed by atoms with E-state index in [1.807, 2.05) is 0 Å². The second kappa shape index (κ2) is 10.6. The summed E-state index contributed by atoms with van der Waals surface area (Å²) >= 11 is 0. The molecule has 0 saturated carbocycles. The molecule has 0 saturated heterocycles. The zero-order chi connectivity index (χ0) is 23.0. The molecule has 0 atom stereocenters. The molecule has 3 N–H and O–H groups in total. The fraction of sp³-hybridized carbons (Fsp3) is 0.300. The smallest absolute Gasteiger partial charge is 0.337 e. The molecule has 10 nitrogen and oxygen atoms in total. The summed E-state index contributed by atoms with van der Waals surface area (Å²) in [7, 11) is -1.31. The van der Waals surface area contributed by atoms with Crippen molar-refractivity contribution in [2.24, 2.45) is 0 Å². The first-order valence-corrected chi connectivity index (χ1v) is 10.6. The Bertz CT molecular complexity index is 1030. The molecule has 0 aliphatic carbocycles. The minimum atomic E-state index is -4.13. The number of hydrogen-bond acceptors (Lipinski definition) is 7. The van der Waals surface area contributed by atoms with Crippen molar-refractivity contribution >= 4 is 27.6 Å². The van der Waals surface area contributed by atoms with E-state index in [4.69, 9.17) is 19.3 Å². The Labute approximate surface area is 179 Å². The number of aromatic carboxylic acids is 1. The Kier molecular flexibility index (Phi) is 8.22. The van der Waals surface area contributed by atoms with Crippen molar-refractivity contribution in [3.05, 3.63) is 47.5 Å². The van der Waals surface area contributed by atoms with Crippen molar-refractivity contribution < 1.29 is 42.4 Å². The molecule has 0 fully saturated rings. The predicted octanol–water partition coefficient (Wildman–Crippen LogP) is 2.24. The Morgan fingerprint density at radius 2 is 1.68 bits per heavy atom. The van der Waals surface area contributed by atoms with E-state index in [-0.39, 0.29) is 53.7 Å². The number of aliphatic carboxylic acids is 1. The van der Waals surface area contributed by atoms with E-state index >= 15 is 0 Å². The monoisotopic (exact) mass is 453 g/mol. The van der Waals surface area contributed by atoms with Gasteiger partial charge in [0.2, 0.25) is 0 Å². The largest absolute Gasteiger partial charge is 0.493 e. The van der Waals surface area contributed by atoms with E-state index < -0.39 is 22.0 Å². The number of rotatable bonds is 12. The van der Waals surface area contributed by atoms with Crippen LogP contribution in [0.2, 0.25) is 0 Å². The summed E-state index contributed by atoms with van der Waals surface area (Å²) in [6.45, 7) is 0.405. The number of anilines is 1. The first kappa shape index (κ1) is 24.0. The highest BCUT2D eigenvalue weighted by atomic mass is 32.2. The fourth-order valence-electron chi connectivity index (χ4n) is 2.62. The molecule has 0 aromatic heterocycles. The molecule has 2 aromatic rings. The molecule has 0 aliphatic rings. The molecule has 11 heteroatoms. The van der Waals surface area contributed by atoms with Crippen LogP contribution in [0.4, 0.5) is 5.69 Å². The lowest BCUT2D eigenvalue weighted by Crippen LogP contribution is -2.16. The number of carboxylic acid groups (broad SMARTS) is 2. The van der Waals surface area contributed by atoms with Gasteiger partial charge in [0.05, 0.1) is 29.9 Å².